The molecule has 0 bridgehead atoms. The van der Waals surface area contributed by atoms with Crippen molar-refractivity contribution in [2.45, 2.75) is 29.4 Å². The summed E-state index contributed by atoms with van der Waals surface area (Å²) in [5, 5.41) is 23.8. The van der Waals surface area contributed by atoms with Crippen LogP contribution >= 0.6 is 0 Å². The first kappa shape index (κ1) is 22.8. The van der Waals surface area contributed by atoms with E-state index >= 15 is 0 Å². The molecule has 0 spiro atoms. The lowest BCUT2D eigenvalue weighted by Gasteiger charge is -2.19. The van der Waals surface area contributed by atoms with Crippen molar-refractivity contribution in [3.63, 3.8) is 0 Å². The Morgan fingerprint density at radius 2 is 1.97 bits per heavy atom. The Balaban J connectivity index is 1.50. The third kappa shape index (κ3) is 4.18. The highest BCUT2D eigenvalue weighted by atomic mass is 32.3. The van der Waals surface area contributed by atoms with Crippen LogP contribution in [0, 0.1) is 0 Å². The number of esters is 1. The lowest BCUT2D eigenvalue weighted by Crippen LogP contribution is -2.34. The van der Waals surface area contributed by atoms with Gasteiger partial charge in [0.05, 0.1) is 10.5 Å². The van der Waals surface area contributed by atoms with Gasteiger partial charge in [-0.05, 0) is 24.3 Å². The lowest BCUT2D eigenvalue weighted by molar-refractivity contribution is -0.0557. The number of carbonyl (C=O) groups excluding carboxylic acids is 1. The van der Waals surface area contributed by atoms with Crippen molar-refractivity contribution in [3.05, 3.63) is 36.2 Å². The number of ether oxygens (including phenoxy) is 2. The number of nitrogens with two attached hydrogens (primary N) is 1. The monoisotopic (exact) mass is 482 g/mol. The molecule has 0 saturated carbocycles. The molecule has 176 valence electrons. The van der Waals surface area contributed by atoms with Gasteiger partial charge >= 0.3 is 16.2 Å². The summed E-state index contributed by atoms with van der Waals surface area (Å²) in [5.41, 5.74) is 6.31. The molecule has 33 heavy (non-hydrogen) atoms. The highest BCUT2D eigenvalue weighted by Gasteiger charge is 2.46. The van der Waals surface area contributed by atoms with Gasteiger partial charge in [0.2, 0.25) is 5.95 Å². The van der Waals surface area contributed by atoms with E-state index in [1.54, 1.807) is 7.05 Å². The Bertz CT molecular complexity index is 1300. The van der Waals surface area contributed by atoms with Crippen molar-refractivity contribution in [1.82, 2.24) is 19.5 Å². The molecular weight excluding hydrogens is 463 g/mol. The maximum Gasteiger partial charge on any atom is 0.338 e. The lowest BCUT2D eigenvalue weighted by atomic mass is 10.1. The number of hydrogen-bond acceptors (Lipinski definition) is 12. The van der Waals surface area contributed by atoms with E-state index in [0.29, 0.717) is 0 Å². The van der Waals surface area contributed by atoms with Gasteiger partial charge in [-0.15, -0.1) is 3.89 Å². The minimum absolute atomic E-state index is 0.0442. The zero-order chi connectivity index (χ0) is 23.9. The van der Waals surface area contributed by atoms with E-state index in [1.807, 2.05) is 0 Å². The Kier molecular flexibility index (Phi) is 5.87. The van der Waals surface area contributed by atoms with Crippen molar-refractivity contribution in [2.75, 3.05) is 24.7 Å². The second kappa shape index (κ2) is 8.51. The van der Waals surface area contributed by atoms with Crippen molar-refractivity contribution in [2.24, 2.45) is 0 Å². The Hall–Kier alpha value is -3.40. The summed E-state index contributed by atoms with van der Waals surface area (Å²) in [4.78, 5) is 23.9. The van der Waals surface area contributed by atoms with Crippen LogP contribution in [-0.2, 0) is 19.7 Å². The Morgan fingerprint density at radius 3 is 2.61 bits per heavy atom. The number of nitrogens with one attached hydrogen (secondary N) is 1. The fourth-order valence-corrected chi connectivity index (χ4v) is 3.88. The van der Waals surface area contributed by atoms with Crippen molar-refractivity contribution >= 4 is 39.1 Å². The summed E-state index contributed by atoms with van der Waals surface area (Å²) >= 11 is 0. The fraction of sp³-hybridized carbons (Fsp3) is 0.333. The van der Waals surface area contributed by atoms with E-state index in [2.05, 4.69) is 20.3 Å². The minimum Gasteiger partial charge on any atom is -0.459 e. The van der Waals surface area contributed by atoms with Gasteiger partial charge in [0, 0.05) is 7.05 Å². The number of nitrogens with zero attached hydrogens (tertiary/aromatic N) is 4. The fourth-order valence-electron chi connectivity index (χ4n) is 3.42. The van der Waals surface area contributed by atoms with Gasteiger partial charge in [0.15, 0.2) is 23.2 Å². The molecule has 0 amide bonds. The van der Waals surface area contributed by atoms with Gasteiger partial charge in [-0.3, -0.25) is 4.57 Å². The van der Waals surface area contributed by atoms with E-state index in [0.717, 1.165) is 24.3 Å². The largest absolute Gasteiger partial charge is 0.459 e. The highest BCUT2D eigenvalue weighted by Crippen LogP contribution is 2.35. The Morgan fingerprint density at radius 1 is 1.27 bits per heavy atom. The van der Waals surface area contributed by atoms with Crippen LogP contribution in [0.15, 0.2) is 35.5 Å². The number of nitrogen functional groups attached to an aromatic ring is 1. The average molecular weight is 482 g/mol. The zero-order valence-electron chi connectivity index (χ0n) is 17.0. The van der Waals surface area contributed by atoms with Gasteiger partial charge < -0.3 is 30.7 Å². The van der Waals surface area contributed by atoms with Gasteiger partial charge in [0.25, 0.3) is 0 Å². The van der Waals surface area contributed by atoms with Crippen molar-refractivity contribution < 1.29 is 36.8 Å². The number of carbonyl (C=O) groups is 1. The average Bonchev–Trinajstić information content (AvgIpc) is 3.30. The standard InChI is InChI=1S/C18H19FN6O7S/c1-21-18-24-11-14(20)22-7-23-15(11)25(18)16-13(27)12(26)10(32-16)6-31-17(28)8-2-4-9(5-3-8)33(19,29)30/h2-5,7,10,12-13,16,26-27H,6H2,1H3,(H,21,24)(H2,20,22,23). The van der Waals surface area contributed by atoms with E-state index in [9.17, 15) is 27.3 Å². The first-order valence-electron chi connectivity index (χ1n) is 9.51. The predicted molar refractivity (Wildman–Crippen MR) is 110 cm³/mol. The molecule has 2 aromatic heterocycles. The summed E-state index contributed by atoms with van der Waals surface area (Å²) in [7, 11) is -3.32. The van der Waals surface area contributed by atoms with Crippen LogP contribution in [-0.4, -0.2) is 76.1 Å². The maximum absolute atomic E-state index is 13.0. The van der Waals surface area contributed by atoms with E-state index in [-0.39, 0.29) is 28.5 Å². The van der Waals surface area contributed by atoms with Crippen LogP contribution in [0.4, 0.5) is 15.7 Å². The number of benzene rings is 1. The molecule has 3 heterocycles. The topological polar surface area (TPSA) is 192 Å². The molecule has 3 aromatic rings. The van der Waals surface area contributed by atoms with Crippen LogP contribution in [0.5, 0.6) is 0 Å². The molecular formula is C18H19FN6O7S. The second-order valence-electron chi connectivity index (χ2n) is 7.09. The molecule has 4 unspecified atom stereocenters. The molecule has 1 aromatic carbocycles. The summed E-state index contributed by atoms with van der Waals surface area (Å²) < 4.78 is 47.0. The number of imidazole rings is 1. The number of hydrogen-bond donors (Lipinski definition) is 4. The van der Waals surface area contributed by atoms with E-state index in [1.165, 1.54) is 10.9 Å². The van der Waals surface area contributed by atoms with Crippen molar-refractivity contribution in [1.29, 1.82) is 0 Å². The summed E-state index contributed by atoms with van der Waals surface area (Å²) in [6.45, 7) is -0.435. The second-order valence-corrected chi connectivity index (χ2v) is 8.44. The third-order valence-corrected chi connectivity index (χ3v) is 5.91. The molecule has 15 heteroatoms. The quantitative estimate of drug-likeness (QED) is 0.262. The van der Waals surface area contributed by atoms with Crippen LogP contribution in [0.3, 0.4) is 0 Å². The normalized spacial score (nSPS) is 23.0. The zero-order valence-corrected chi connectivity index (χ0v) is 17.8. The van der Waals surface area contributed by atoms with Gasteiger partial charge in [-0.2, -0.15) is 8.42 Å². The van der Waals surface area contributed by atoms with Gasteiger partial charge in [0.1, 0.15) is 31.2 Å². The molecule has 1 saturated heterocycles. The molecule has 4 rings (SSSR count). The summed E-state index contributed by atoms with van der Waals surface area (Å²) in [5.74, 6) is -0.509. The number of anilines is 2. The maximum atomic E-state index is 13.0. The molecule has 4 atom stereocenters. The number of aliphatic hydroxyl groups is 2. The SMILES string of the molecule is CNc1nc2c(N)ncnc2n1C1OC(COC(=O)c2ccc(S(=O)(=O)F)cc2)C(O)C1O. The van der Waals surface area contributed by atoms with Crippen LogP contribution in [0.25, 0.3) is 11.2 Å². The van der Waals surface area contributed by atoms with Crippen LogP contribution in [0.2, 0.25) is 0 Å². The number of halogens is 1. The number of aromatic nitrogens is 4. The molecule has 1 fully saturated rings. The minimum atomic E-state index is -4.90. The van der Waals surface area contributed by atoms with E-state index in [4.69, 9.17) is 15.2 Å². The Labute approximate surface area is 186 Å². The van der Waals surface area contributed by atoms with Gasteiger partial charge in [-0.25, -0.2) is 19.7 Å². The number of fused-ring (bicyclic) bond motifs is 1. The van der Waals surface area contributed by atoms with Crippen LogP contribution < -0.4 is 11.1 Å². The molecule has 5 N–H and O–H groups in total. The number of rotatable bonds is 6. The molecule has 1 aliphatic heterocycles. The molecule has 0 aliphatic carbocycles. The summed E-state index contributed by atoms with van der Waals surface area (Å²) in [6, 6.07) is 4.01. The number of aliphatic hydroxyl groups excluding tert-OH is 2. The third-order valence-electron chi connectivity index (χ3n) is 5.07. The predicted octanol–water partition coefficient (Wildman–Crippen LogP) is -0.415. The van der Waals surface area contributed by atoms with Crippen LogP contribution in [0.1, 0.15) is 16.6 Å². The van der Waals surface area contributed by atoms with Gasteiger partial charge in [-0.1, -0.05) is 0 Å². The smallest absolute Gasteiger partial charge is 0.338 e. The molecule has 13 nitrogen and oxygen atoms in total. The van der Waals surface area contributed by atoms with Crippen molar-refractivity contribution in [3.8, 4) is 0 Å². The molecule has 1 aliphatic rings. The summed E-state index contributed by atoms with van der Waals surface area (Å²) in [6.07, 6.45) is -3.89. The molecule has 0 radical (unpaired) electrons. The first-order valence-corrected chi connectivity index (χ1v) is 10.9. The first-order chi connectivity index (χ1) is 15.6. The highest BCUT2D eigenvalue weighted by molar-refractivity contribution is 7.86. The van der Waals surface area contributed by atoms with E-state index < -0.39 is 52.2 Å².